The number of benzene rings is 1. The van der Waals surface area contributed by atoms with Crippen LogP contribution in [-0.2, 0) is 4.79 Å². The van der Waals surface area contributed by atoms with E-state index in [4.69, 9.17) is 5.73 Å². The van der Waals surface area contributed by atoms with Crippen molar-refractivity contribution in [1.29, 1.82) is 0 Å². The minimum Gasteiger partial charge on any atom is -0.339 e. The molecule has 1 aliphatic heterocycles. The normalized spacial score (nSPS) is 31.5. The first-order valence-corrected chi connectivity index (χ1v) is 7.47. The summed E-state index contributed by atoms with van der Waals surface area (Å²) < 4.78 is 27.5. The summed E-state index contributed by atoms with van der Waals surface area (Å²) in [7, 11) is 0. The standard InChI is InChI=1S/C16H20F2N2O/c1-9-5-10(7-19)8-20(9)16(21)12-6-11(12)15-13(17)3-2-4-14(15)18/h2-4,9-12H,5-8,19H2,1H3. The molecular weight excluding hydrogens is 274 g/mol. The molecule has 2 fully saturated rings. The Hall–Kier alpha value is -1.49. The Kier molecular flexibility index (Phi) is 3.69. The zero-order valence-corrected chi connectivity index (χ0v) is 12.1. The molecule has 1 heterocycles. The summed E-state index contributed by atoms with van der Waals surface area (Å²) in [6.07, 6.45) is 1.45. The Labute approximate surface area is 123 Å². The molecular formula is C16H20F2N2O. The molecule has 1 saturated heterocycles. The number of halogens is 2. The molecule has 0 aromatic heterocycles. The van der Waals surface area contributed by atoms with Crippen molar-refractivity contribution >= 4 is 5.91 Å². The predicted octanol–water partition coefficient (Wildman–Crippen LogP) is 2.26. The van der Waals surface area contributed by atoms with Gasteiger partial charge in [0.25, 0.3) is 0 Å². The first-order valence-electron chi connectivity index (χ1n) is 7.47. The van der Waals surface area contributed by atoms with Crippen molar-refractivity contribution in [3.05, 3.63) is 35.4 Å². The quantitative estimate of drug-likeness (QED) is 0.929. The highest BCUT2D eigenvalue weighted by Gasteiger charge is 2.49. The van der Waals surface area contributed by atoms with Gasteiger partial charge < -0.3 is 10.6 Å². The van der Waals surface area contributed by atoms with Gasteiger partial charge in [0.2, 0.25) is 5.91 Å². The molecule has 21 heavy (non-hydrogen) atoms. The van der Waals surface area contributed by atoms with E-state index in [1.165, 1.54) is 18.2 Å². The average molecular weight is 294 g/mol. The van der Waals surface area contributed by atoms with E-state index in [1.54, 1.807) is 0 Å². The Morgan fingerprint density at radius 2 is 2.00 bits per heavy atom. The second-order valence-corrected chi connectivity index (χ2v) is 6.26. The average Bonchev–Trinajstić information content (AvgIpc) is 3.13. The highest BCUT2D eigenvalue weighted by Crippen LogP contribution is 2.50. The molecule has 3 nitrogen and oxygen atoms in total. The third-order valence-corrected chi connectivity index (χ3v) is 4.76. The topological polar surface area (TPSA) is 46.3 Å². The van der Waals surface area contributed by atoms with Crippen LogP contribution < -0.4 is 5.73 Å². The summed E-state index contributed by atoms with van der Waals surface area (Å²) in [6, 6.07) is 4.02. The molecule has 1 aromatic carbocycles. The van der Waals surface area contributed by atoms with Gasteiger partial charge in [-0.25, -0.2) is 8.78 Å². The monoisotopic (exact) mass is 294 g/mol. The van der Waals surface area contributed by atoms with E-state index < -0.39 is 11.6 Å². The number of rotatable bonds is 3. The minimum atomic E-state index is -0.551. The molecule has 1 saturated carbocycles. The summed E-state index contributed by atoms with van der Waals surface area (Å²) >= 11 is 0. The lowest BCUT2D eigenvalue weighted by Crippen LogP contribution is -2.35. The molecule has 1 amide bonds. The molecule has 2 aliphatic rings. The van der Waals surface area contributed by atoms with Crippen molar-refractivity contribution in [2.75, 3.05) is 13.1 Å². The third kappa shape index (κ3) is 2.55. The molecule has 0 radical (unpaired) electrons. The summed E-state index contributed by atoms with van der Waals surface area (Å²) in [5, 5.41) is 0. The van der Waals surface area contributed by atoms with E-state index in [1.807, 2.05) is 11.8 Å². The van der Waals surface area contributed by atoms with E-state index in [9.17, 15) is 13.6 Å². The Morgan fingerprint density at radius 1 is 1.33 bits per heavy atom. The van der Waals surface area contributed by atoms with Gasteiger partial charge in [-0.05, 0) is 44.4 Å². The maximum atomic E-state index is 13.8. The molecule has 3 rings (SSSR count). The van der Waals surface area contributed by atoms with Gasteiger partial charge in [0.1, 0.15) is 11.6 Å². The van der Waals surface area contributed by atoms with Gasteiger partial charge in [-0.3, -0.25) is 4.79 Å². The van der Waals surface area contributed by atoms with Gasteiger partial charge in [0.05, 0.1) is 0 Å². The van der Waals surface area contributed by atoms with Gasteiger partial charge in [0.15, 0.2) is 0 Å². The first-order chi connectivity index (χ1) is 10.0. The highest BCUT2D eigenvalue weighted by molar-refractivity contribution is 5.83. The summed E-state index contributed by atoms with van der Waals surface area (Å²) in [5.74, 6) is -1.34. The summed E-state index contributed by atoms with van der Waals surface area (Å²) in [4.78, 5) is 14.4. The lowest BCUT2D eigenvalue weighted by Gasteiger charge is -2.21. The molecule has 4 atom stereocenters. The van der Waals surface area contributed by atoms with Crippen LogP contribution in [0.25, 0.3) is 0 Å². The number of nitrogens with zero attached hydrogens (tertiary/aromatic N) is 1. The Morgan fingerprint density at radius 3 is 2.57 bits per heavy atom. The van der Waals surface area contributed by atoms with Crippen LogP contribution in [0.3, 0.4) is 0 Å². The van der Waals surface area contributed by atoms with E-state index >= 15 is 0 Å². The molecule has 4 unspecified atom stereocenters. The fourth-order valence-electron chi connectivity index (χ4n) is 3.49. The number of hydrogen-bond acceptors (Lipinski definition) is 2. The molecule has 114 valence electrons. The van der Waals surface area contributed by atoms with Gasteiger partial charge in [-0.2, -0.15) is 0 Å². The number of likely N-dealkylation sites (tertiary alicyclic amines) is 1. The predicted molar refractivity (Wildman–Crippen MR) is 75.5 cm³/mol. The van der Waals surface area contributed by atoms with Gasteiger partial charge in [-0.15, -0.1) is 0 Å². The number of carbonyl (C=O) groups is 1. The van der Waals surface area contributed by atoms with Crippen LogP contribution in [0, 0.1) is 23.5 Å². The van der Waals surface area contributed by atoms with Crippen LogP contribution in [0.4, 0.5) is 8.78 Å². The lowest BCUT2D eigenvalue weighted by molar-refractivity contribution is -0.133. The number of hydrogen-bond donors (Lipinski definition) is 1. The van der Waals surface area contributed by atoms with E-state index in [0.29, 0.717) is 25.4 Å². The van der Waals surface area contributed by atoms with E-state index in [-0.39, 0.29) is 29.3 Å². The fraction of sp³-hybridized carbons (Fsp3) is 0.562. The van der Waals surface area contributed by atoms with Crippen LogP contribution >= 0.6 is 0 Å². The molecule has 0 spiro atoms. The van der Waals surface area contributed by atoms with Crippen molar-refractivity contribution in [2.45, 2.75) is 31.7 Å². The summed E-state index contributed by atoms with van der Waals surface area (Å²) in [5.41, 5.74) is 5.74. The Balaban J connectivity index is 1.72. The smallest absolute Gasteiger partial charge is 0.226 e. The van der Waals surface area contributed by atoms with Gasteiger partial charge in [0, 0.05) is 30.0 Å². The third-order valence-electron chi connectivity index (χ3n) is 4.76. The largest absolute Gasteiger partial charge is 0.339 e. The van der Waals surface area contributed by atoms with Crippen molar-refractivity contribution in [3.63, 3.8) is 0 Å². The van der Waals surface area contributed by atoms with E-state index in [2.05, 4.69) is 0 Å². The van der Waals surface area contributed by atoms with Crippen LogP contribution in [0.1, 0.15) is 31.2 Å². The van der Waals surface area contributed by atoms with Crippen molar-refractivity contribution in [2.24, 2.45) is 17.6 Å². The molecule has 2 N–H and O–H groups in total. The van der Waals surface area contributed by atoms with E-state index in [0.717, 1.165) is 6.42 Å². The second-order valence-electron chi connectivity index (χ2n) is 6.26. The molecule has 1 aliphatic carbocycles. The Bertz CT molecular complexity index is 543. The van der Waals surface area contributed by atoms with Gasteiger partial charge in [-0.1, -0.05) is 6.07 Å². The number of nitrogens with two attached hydrogens (primary N) is 1. The van der Waals surface area contributed by atoms with Crippen molar-refractivity contribution in [1.82, 2.24) is 4.90 Å². The van der Waals surface area contributed by atoms with Gasteiger partial charge >= 0.3 is 0 Å². The second kappa shape index (κ2) is 5.37. The first kappa shape index (κ1) is 14.4. The summed E-state index contributed by atoms with van der Waals surface area (Å²) in [6.45, 7) is 3.25. The lowest BCUT2D eigenvalue weighted by atomic mass is 10.1. The molecule has 5 heteroatoms. The fourth-order valence-corrected chi connectivity index (χ4v) is 3.49. The maximum Gasteiger partial charge on any atom is 0.226 e. The maximum absolute atomic E-state index is 13.8. The zero-order chi connectivity index (χ0) is 15.1. The van der Waals surface area contributed by atoms with Crippen molar-refractivity contribution in [3.8, 4) is 0 Å². The van der Waals surface area contributed by atoms with Crippen LogP contribution in [-0.4, -0.2) is 29.9 Å². The molecule has 1 aromatic rings. The number of amides is 1. The SMILES string of the molecule is CC1CC(CN)CN1C(=O)C1CC1c1c(F)cccc1F. The zero-order valence-electron chi connectivity index (χ0n) is 12.1. The minimum absolute atomic E-state index is 0.0195. The van der Waals surface area contributed by atoms with Crippen LogP contribution in [0.15, 0.2) is 18.2 Å². The van der Waals surface area contributed by atoms with Crippen LogP contribution in [0.2, 0.25) is 0 Å². The number of carbonyl (C=O) groups excluding carboxylic acids is 1. The molecule has 0 bridgehead atoms. The highest BCUT2D eigenvalue weighted by atomic mass is 19.1. The van der Waals surface area contributed by atoms with Crippen LogP contribution in [0.5, 0.6) is 0 Å². The van der Waals surface area contributed by atoms with Crippen molar-refractivity contribution < 1.29 is 13.6 Å².